The van der Waals surface area contributed by atoms with Crippen LogP contribution in [0, 0.1) is 24.0 Å². The third kappa shape index (κ3) is 2.55. The number of aromatic nitrogens is 1. The van der Waals surface area contributed by atoms with Gasteiger partial charge < -0.3 is 5.73 Å². The maximum atomic E-state index is 12.6. The zero-order chi connectivity index (χ0) is 16.7. The number of fused-ring (bicyclic) bond motifs is 1. The van der Waals surface area contributed by atoms with Crippen LogP contribution in [0.4, 0.5) is 11.4 Å². The van der Waals surface area contributed by atoms with Crippen LogP contribution in [0.1, 0.15) is 11.3 Å². The fourth-order valence-corrected chi connectivity index (χ4v) is 3.69. The number of nitro benzene ring substituents is 1. The Labute approximate surface area is 135 Å². The highest BCUT2D eigenvalue weighted by Crippen LogP contribution is 2.33. The van der Waals surface area contributed by atoms with Crippen molar-refractivity contribution in [2.24, 2.45) is 0 Å². The second-order valence-electron chi connectivity index (χ2n) is 5.24. The molecule has 6 nitrogen and oxygen atoms in total. The van der Waals surface area contributed by atoms with E-state index in [1.54, 1.807) is 12.1 Å². The van der Waals surface area contributed by atoms with E-state index in [-0.39, 0.29) is 16.8 Å². The molecule has 3 aromatic rings. The van der Waals surface area contributed by atoms with Gasteiger partial charge in [0.25, 0.3) is 5.69 Å². The van der Waals surface area contributed by atoms with E-state index in [1.165, 1.54) is 23.5 Å². The molecule has 7 heteroatoms. The smallest absolute Gasteiger partial charge is 0.269 e. The Morgan fingerprint density at radius 3 is 2.48 bits per heavy atom. The van der Waals surface area contributed by atoms with Crippen molar-refractivity contribution in [1.29, 1.82) is 0 Å². The largest absolute Gasteiger partial charge is 0.394 e. The number of nitro groups is 1. The van der Waals surface area contributed by atoms with Crippen LogP contribution in [0.3, 0.4) is 0 Å². The van der Waals surface area contributed by atoms with Gasteiger partial charge >= 0.3 is 0 Å². The zero-order valence-electron chi connectivity index (χ0n) is 12.5. The molecule has 116 valence electrons. The lowest BCUT2D eigenvalue weighted by atomic mass is 10.1. The zero-order valence-corrected chi connectivity index (χ0v) is 13.3. The van der Waals surface area contributed by atoms with Gasteiger partial charge in [-0.3, -0.25) is 14.9 Å². The average molecular weight is 327 g/mol. The number of hydrogen-bond donors (Lipinski definition) is 1. The Hall–Kier alpha value is -2.80. The molecule has 0 fully saturated rings. The minimum Gasteiger partial charge on any atom is -0.394 e. The van der Waals surface area contributed by atoms with Crippen LogP contribution in [0.15, 0.2) is 35.1 Å². The fraction of sp³-hybridized carbons (Fsp3) is 0.125. The summed E-state index contributed by atoms with van der Waals surface area (Å²) in [6, 6.07) is 7.82. The summed E-state index contributed by atoms with van der Waals surface area (Å²) in [5, 5.41) is 11.3. The van der Waals surface area contributed by atoms with Crippen molar-refractivity contribution >= 4 is 32.9 Å². The molecule has 23 heavy (non-hydrogen) atoms. The second-order valence-corrected chi connectivity index (χ2v) is 6.24. The first-order valence-corrected chi connectivity index (χ1v) is 7.65. The van der Waals surface area contributed by atoms with Crippen LogP contribution in [-0.2, 0) is 0 Å². The van der Waals surface area contributed by atoms with Crippen LogP contribution in [0.25, 0.3) is 20.7 Å². The van der Waals surface area contributed by atoms with Gasteiger partial charge in [-0.2, -0.15) is 0 Å². The normalized spacial score (nSPS) is 10.9. The minimum atomic E-state index is -0.468. The second kappa shape index (κ2) is 5.44. The summed E-state index contributed by atoms with van der Waals surface area (Å²) < 4.78 is 0. The lowest BCUT2D eigenvalue weighted by molar-refractivity contribution is -0.384. The van der Waals surface area contributed by atoms with Crippen molar-refractivity contribution < 1.29 is 4.92 Å². The maximum absolute atomic E-state index is 12.6. The van der Waals surface area contributed by atoms with Gasteiger partial charge in [0.2, 0.25) is 5.43 Å². The van der Waals surface area contributed by atoms with E-state index in [4.69, 9.17) is 5.73 Å². The van der Waals surface area contributed by atoms with E-state index in [0.29, 0.717) is 20.7 Å². The summed E-state index contributed by atoms with van der Waals surface area (Å²) in [5.41, 5.74) is 8.24. The first-order chi connectivity index (χ1) is 10.9. The number of pyridine rings is 1. The van der Waals surface area contributed by atoms with Crippen molar-refractivity contribution in [3.05, 3.63) is 61.9 Å². The van der Waals surface area contributed by atoms with E-state index in [9.17, 15) is 14.9 Å². The molecular formula is C16H13N3O3S. The Morgan fingerprint density at radius 2 is 1.87 bits per heavy atom. The summed E-state index contributed by atoms with van der Waals surface area (Å²) in [5.74, 6) is 0. The van der Waals surface area contributed by atoms with E-state index < -0.39 is 4.92 Å². The standard InChI is InChI=1S/C16H13N3O3S/c1-8-7-9(2)18-16-12(8)14(20)13(17)15(23-16)10-3-5-11(6-4-10)19(21)22/h3-7H,17H2,1-2H3. The molecule has 3 rings (SSSR count). The number of aryl methyl sites for hydroxylation is 2. The molecule has 0 amide bonds. The van der Waals surface area contributed by atoms with Crippen LogP contribution in [-0.4, -0.2) is 9.91 Å². The number of non-ortho nitro benzene ring substituents is 1. The van der Waals surface area contributed by atoms with Crippen LogP contribution < -0.4 is 11.2 Å². The van der Waals surface area contributed by atoms with E-state index in [2.05, 4.69) is 4.98 Å². The summed E-state index contributed by atoms with van der Waals surface area (Å²) in [6.45, 7) is 3.72. The van der Waals surface area contributed by atoms with Crippen molar-refractivity contribution in [2.75, 3.05) is 5.73 Å². The quantitative estimate of drug-likeness (QED) is 0.574. The van der Waals surface area contributed by atoms with Crippen molar-refractivity contribution in [3.63, 3.8) is 0 Å². The monoisotopic (exact) mass is 327 g/mol. The van der Waals surface area contributed by atoms with Gasteiger partial charge in [0.15, 0.2) is 0 Å². The third-order valence-corrected chi connectivity index (χ3v) is 4.72. The molecule has 2 heterocycles. The molecule has 0 saturated heterocycles. The van der Waals surface area contributed by atoms with Crippen LogP contribution in [0.2, 0.25) is 0 Å². The fourth-order valence-electron chi connectivity index (χ4n) is 2.49. The Bertz CT molecular complexity index is 994. The lowest BCUT2D eigenvalue weighted by Crippen LogP contribution is -2.11. The number of nitrogen functional groups attached to an aromatic ring is 1. The van der Waals surface area contributed by atoms with Gasteiger partial charge in [0, 0.05) is 17.8 Å². The Morgan fingerprint density at radius 1 is 1.22 bits per heavy atom. The highest BCUT2D eigenvalue weighted by atomic mass is 32.1. The molecule has 2 aromatic heterocycles. The van der Waals surface area contributed by atoms with Crippen LogP contribution >= 0.6 is 11.3 Å². The maximum Gasteiger partial charge on any atom is 0.269 e. The molecule has 0 aliphatic heterocycles. The first-order valence-electron chi connectivity index (χ1n) is 6.84. The number of nitrogens with two attached hydrogens (primary N) is 1. The highest BCUT2D eigenvalue weighted by molar-refractivity contribution is 7.21. The molecule has 0 atom stereocenters. The SMILES string of the molecule is Cc1cc(C)c2c(=O)c(N)c(-c3ccc([N+](=O)[O-])cc3)sc2n1. The number of benzene rings is 1. The molecule has 0 saturated carbocycles. The summed E-state index contributed by atoms with van der Waals surface area (Å²) >= 11 is 1.32. The molecule has 0 radical (unpaired) electrons. The topological polar surface area (TPSA) is 99.1 Å². The first kappa shape index (κ1) is 15.1. The van der Waals surface area contributed by atoms with Gasteiger partial charge in [-0.1, -0.05) is 0 Å². The van der Waals surface area contributed by atoms with Gasteiger partial charge in [0.05, 0.1) is 20.9 Å². The van der Waals surface area contributed by atoms with Gasteiger partial charge in [-0.15, -0.1) is 11.3 Å². The predicted molar refractivity (Wildman–Crippen MR) is 91.9 cm³/mol. The molecule has 0 bridgehead atoms. The molecule has 0 aliphatic rings. The molecular weight excluding hydrogens is 314 g/mol. The molecule has 1 aromatic carbocycles. The van der Waals surface area contributed by atoms with Gasteiger partial charge in [0.1, 0.15) is 4.83 Å². The van der Waals surface area contributed by atoms with Crippen molar-refractivity contribution in [3.8, 4) is 10.4 Å². The predicted octanol–water partition coefficient (Wildman–Crippen LogP) is 3.43. The Kier molecular flexibility index (Phi) is 3.57. The summed E-state index contributed by atoms with van der Waals surface area (Å²) in [6.07, 6.45) is 0. The molecule has 0 spiro atoms. The Balaban J connectivity index is 2.28. The summed E-state index contributed by atoms with van der Waals surface area (Å²) in [4.78, 5) is 28.5. The van der Waals surface area contributed by atoms with E-state index in [1.807, 2.05) is 19.9 Å². The number of hydrogen-bond acceptors (Lipinski definition) is 6. The molecule has 0 aliphatic carbocycles. The lowest BCUT2D eigenvalue weighted by Gasteiger charge is -2.08. The highest BCUT2D eigenvalue weighted by Gasteiger charge is 2.15. The van der Waals surface area contributed by atoms with E-state index >= 15 is 0 Å². The van der Waals surface area contributed by atoms with Crippen molar-refractivity contribution in [1.82, 2.24) is 4.98 Å². The van der Waals surface area contributed by atoms with Gasteiger partial charge in [-0.25, -0.2) is 4.98 Å². The average Bonchev–Trinajstić information content (AvgIpc) is 2.50. The van der Waals surface area contributed by atoms with E-state index in [0.717, 1.165) is 11.3 Å². The number of rotatable bonds is 2. The van der Waals surface area contributed by atoms with Crippen molar-refractivity contribution in [2.45, 2.75) is 13.8 Å². The summed E-state index contributed by atoms with van der Waals surface area (Å²) in [7, 11) is 0. The number of nitrogens with zero attached hydrogens (tertiary/aromatic N) is 2. The van der Waals surface area contributed by atoms with Crippen LogP contribution in [0.5, 0.6) is 0 Å². The third-order valence-electron chi connectivity index (χ3n) is 3.57. The molecule has 2 N–H and O–H groups in total. The minimum absolute atomic E-state index is 0.00901. The number of anilines is 1. The molecule has 0 unspecified atom stereocenters. The van der Waals surface area contributed by atoms with Gasteiger partial charge in [-0.05, 0) is 43.2 Å².